The van der Waals surface area contributed by atoms with Gasteiger partial charge in [0.15, 0.2) is 11.5 Å². The van der Waals surface area contributed by atoms with Crippen molar-refractivity contribution in [2.75, 3.05) is 31.5 Å². The molecule has 1 heterocycles. The summed E-state index contributed by atoms with van der Waals surface area (Å²) in [7, 11) is 3.34. The maximum absolute atomic E-state index is 12.9. The molecular formula is C35H53N3O3S. The number of nitrogens with zero attached hydrogens (tertiary/aromatic N) is 2. The first-order chi connectivity index (χ1) is 20.5. The second kappa shape index (κ2) is 19.4. The molecule has 0 aliphatic carbocycles. The summed E-state index contributed by atoms with van der Waals surface area (Å²) in [4.78, 5) is 18.3. The van der Waals surface area contributed by atoms with Crippen molar-refractivity contribution >= 4 is 23.5 Å². The SMILES string of the molecule is CCCCCCCCCCCCCCOc1ccc(CN(C(=O)NC)c2cccc(CN3C=C(C)SC3)c2)cc1OC. The Morgan fingerprint density at radius 1 is 0.905 bits per heavy atom. The van der Waals surface area contributed by atoms with Crippen LogP contribution in [-0.4, -0.2) is 37.6 Å². The zero-order valence-corrected chi connectivity index (χ0v) is 27.3. The van der Waals surface area contributed by atoms with Crippen LogP contribution in [0.25, 0.3) is 0 Å². The highest BCUT2D eigenvalue weighted by atomic mass is 32.2. The van der Waals surface area contributed by atoms with E-state index in [1.165, 1.54) is 81.1 Å². The average molecular weight is 596 g/mol. The Morgan fingerprint density at radius 3 is 2.21 bits per heavy atom. The van der Waals surface area contributed by atoms with Crippen molar-refractivity contribution in [1.29, 1.82) is 0 Å². The second-order valence-corrected chi connectivity index (χ2v) is 12.5. The number of nitrogens with one attached hydrogen (secondary N) is 1. The molecule has 0 spiro atoms. The minimum atomic E-state index is -0.147. The van der Waals surface area contributed by atoms with Gasteiger partial charge in [-0.15, -0.1) is 11.8 Å². The van der Waals surface area contributed by atoms with Gasteiger partial charge in [0.25, 0.3) is 0 Å². The number of unbranched alkanes of at least 4 members (excludes halogenated alkanes) is 11. The lowest BCUT2D eigenvalue weighted by atomic mass is 10.1. The van der Waals surface area contributed by atoms with E-state index in [0.717, 1.165) is 35.8 Å². The monoisotopic (exact) mass is 595 g/mol. The molecule has 0 atom stereocenters. The normalized spacial score (nSPS) is 12.8. The number of hydrogen-bond donors (Lipinski definition) is 1. The number of ether oxygens (including phenoxy) is 2. The maximum Gasteiger partial charge on any atom is 0.321 e. The van der Waals surface area contributed by atoms with Crippen LogP contribution in [0.4, 0.5) is 10.5 Å². The number of rotatable bonds is 20. The van der Waals surface area contributed by atoms with E-state index in [2.05, 4.69) is 42.4 Å². The van der Waals surface area contributed by atoms with Gasteiger partial charge in [-0.25, -0.2) is 4.79 Å². The van der Waals surface area contributed by atoms with Crippen LogP contribution >= 0.6 is 11.8 Å². The number of amides is 2. The zero-order chi connectivity index (χ0) is 30.0. The van der Waals surface area contributed by atoms with Gasteiger partial charge in [0.1, 0.15) is 0 Å². The van der Waals surface area contributed by atoms with E-state index in [4.69, 9.17) is 9.47 Å². The van der Waals surface area contributed by atoms with Crippen LogP contribution in [0.2, 0.25) is 0 Å². The minimum Gasteiger partial charge on any atom is -0.493 e. The topological polar surface area (TPSA) is 54.0 Å². The molecule has 2 aromatic rings. The van der Waals surface area contributed by atoms with Gasteiger partial charge in [-0.05, 0) is 53.6 Å². The number of methoxy groups -OCH3 is 1. The standard InChI is InChI=1S/C35H53N3O3S/c1-5-6-7-8-9-10-11-12-13-14-15-16-22-41-33-21-20-31(24-34(33)40-4)27-38(35(39)36-3)32-19-17-18-30(23-32)26-37-25-29(2)42-28-37/h17-21,23-25H,5-16,22,26-28H2,1-4H3,(H,36,39). The van der Waals surface area contributed by atoms with Gasteiger partial charge in [0.05, 0.1) is 26.1 Å². The van der Waals surface area contributed by atoms with Crippen molar-refractivity contribution in [2.45, 2.75) is 104 Å². The molecule has 2 amide bonds. The fourth-order valence-corrected chi connectivity index (χ4v) is 6.08. The maximum atomic E-state index is 12.9. The van der Waals surface area contributed by atoms with Crippen molar-refractivity contribution in [3.05, 3.63) is 64.7 Å². The Labute approximate surface area is 259 Å². The average Bonchev–Trinajstić information content (AvgIpc) is 3.42. The molecule has 6 nitrogen and oxygen atoms in total. The Kier molecular flexibility index (Phi) is 15.6. The summed E-state index contributed by atoms with van der Waals surface area (Å²) in [5.41, 5.74) is 3.02. The number of allylic oxidation sites excluding steroid dienone is 1. The van der Waals surface area contributed by atoms with Gasteiger partial charge in [-0.2, -0.15) is 0 Å². The van der Waals surface area contributed by atoms with Crippen molar-refractivity contribution in [1.82, 2.24) is 10.2 Å². The molecule has 0 saturated carbocycles. The van der Waals surface area contributed by atoms with E-state index in [0.29, 0.717) is 18.9 Å². The molecule has 0 fully saturated rings. The predicted molar refractivity (Wildman–Crippen MR) is 178 cm³/mol. The number of carbonyl (C=O) groups excluding carboxylic acids is 1. The Morgan fingerprint density at radius 2 is 1.60 bits per heavy atom. The van der Waals surface area contributed by atoms with E-state index in [1.807, 2.05) is 42.1 Å². The van der Waals surface area contributed by atoms with Gasteiger partial charge in [0.2, 0.25) is 0 Å². The minimum absolute atomic E-state index is 0.147. The summed E-state index contributed by atoms with van der Waals surface area (Å²) in [6, 6.07) is 14.0. The van der Waals surface area contributed by atoms with E-state index in [9.17, 15) is 4.79 Å². The van der Waals surface area contributed by atoms with Crippen LogP contribution in [0.15, 0.2) is 53.6 Å². The summed E-state index contributed by atoms with van der Waals surface area (Å²) in [6.07, 6.45) is 18.1. The summed E-state index contributed by atoms with van der Waals surface area (Å²) in [6.45, 7) is 6.35. The molecule has 0 bridgehead atoms. The van der Waals surface area contributed by atoms with Crippen molar-refractivity contribution in [2.24, 2.45) is 0 Å². The van der Waals surface area contributed by atoms with Gasteiger partial charge < -0.3 is 19.7 Å². The number of thioether (sulfide) groups is 1. The summed E-state index contributed by atoms with van der Waals surface area (Å²) >= 11 is 1.85. The predicted octanol–water partition coefficient (Wildman–Crippen LogP) is 9.49. The second-order valence-electron chi connectivity index (χ2n) is 11.3. The number of hydrogen-bond acceptors (Lipinski definition) is 5. The molecule has 0 aromatic heterocycles. The van der Waals surface area contributed by atoms with E-state index < -0.39 is 0 Å². The van der Waals surface area contributed by atoms with Crippen LogP contribution in [0.3, 0.4) is 0 Å². The summed E-state index contributed by atoms with van der Waals surface area (Å²) in [5, 5.41) is 2.80. The first-order valence-electron chi connectivity index (χ1n) is 16.0. The van der Waals surface area contributed by atoms with E-state index in [1.54, 1.807) is 19.1 Å². The highest BCUT2D eigenvalue weighted by molar-refractivity contribution is 8.03. The summed E-state index contributed by atoms with van der Waals surface area (Å²) in [5.74, 6) is 2.42. The molecule has 0 radical (unpaired) electrons. The van der Waals surface area contributed by atoms with Crippen LogP contribution in [0.1, 0.15) is 102 Å². The van der Waals surface area contributed by atoms with Gasteiger partial charge >= 0.3 is 6.03 Å². The van der Waals surface area contributed by atoms with Crippen molar-refractivity contribution in [3.8, 4) is 11.5 Å². The number of benzene rings is 2. The lowest BCUT2D eigenvalue weighted by molar-refractivity contribution is 0.248. The molecule has 0 unspecified atom stereocenters. The summed E-state index contributed by atoms with van der Waals surface area (Å²) < 4.78 is 11.8. The van der Waals surface area contributed by atoms with Gasteiger partial charge in [-0.1, -0.05) is 95.8 Å². The van der Waals surface area contributed by atoms with Crippen molar-refractivity contribution in [3.63, 3.8) is 0 Å². The molecule has 42 heavy (non-hydrogen) atoms. The molecule has 0 saturated heterocycles. The number of urea groups is 1. The van der Waals surface area contributed by atoms with Crippen LogP contribution in [0.5, 0.6) is 11.5 Å². The number of anilines is 1. The van der Waals surface area contributed by atoms with Crippen molar-refractivity contribution < 1.29 is 14.3 Å². The molecule has 2 aromatic carbocycles. The first-order valence-corrected chi connectivity index (χ1v) is 17.0. The van der Waals surface area contributed by atoms with Crippen LogP contribution < -0.4 is 19.7 Å². The lowest BCUT2D eigenvalue weighted by Crippen LogP contribution is -2.37. The first kappa shape index (κ1) is 33.7. The van der Waals surface area contributed by atoms with Gasteiger partial charge in [-0.3, -0.25) is 4.90 Å². The fraction of sp³-hybridized carbons (Fsp3) is 0.571. The van der Waals surface area contributed by atoms with E-state index in [-0.39, 0.29) is 6.03 Å². The molecule has 1 aliphatic heterocycles. The smallest absolute Gasteiger partial charge is 0.321 e. The Hall–Kier alpha value is -2.80. The largest absolute Gasteiger partial charge is 0.493 e. The third-order valence-corrected chi connectivity index (χ3v) is 8.74. The highest BCUT2D eigenvalue weighted by Gasteiger charge is 2.18. The van der Waals surface area contributed by atoms with Crippen LogP contribution in [-0.2, 0) is 13.1 Å². The zero-order valence-electron chi connectivity index (χ0n) is 26.5. The molecule has 7 heteroatoms. The lowest BCUT2D eigenvalue weighted by Gasteiger charge is -2.24. The third kappa shape index (κ3) is 11.8. The van der Waals surface area contributed by atoms with Gasteiger partial charge in [0, 0.05) is 25.5 Å². The Bertz CT molecular complexity index is 1110. The van der Waals surface area contributed by atoms with Crippen LogP contribution in [0, 0.1) is 0 Å². The molecule has 3 rings (SSSR count). The highest BCUT2D eigenvalue weighted by Crippen LogP contribution is 2.31. The molecule has 1 N–H and O–H groups in total. The molecular weight excluding hydrogens is 542 g/mol. The third-order valence-electron chi connectivity index (χ3n) is 7.71. The molecule has 232 valence electrons. The molecule has 1 aliphatic rings. The number of carbonyl (C=O) groups is 1. The quantitative estimate of drug-likeness (QED) is 0.155. The van der Waals surface area contributed by atoms with E-state index >= 15 is 0 Å². The Balaban J connectivity index is 1.46. The fourth-order valence-electron chi connectivity index (χ4n) is 5.32.